The molecule has 1 aliphatic rings. The summed E-state index contributed by atoms with van der Waals surface area (Å²) in [6.07, 6.45) is 20.1. The summed E-state index contributed by atoms with van der Waals surface area (Å²) in [7, 11) is 0. The molecule has 6 nitrogen and oxygen atoms in total. The summed E-state index contributed by atoms with van der Waals surface area (Å²) >= 11 is 0. The van der Waals surface area contributed by atoms with Crippen LogP contribution in [0.2, 0.25) is 0 Å². The Morgan fingerprint density at radius 3 is 1.95 bits per heavy atom. The van der Waals surface area contributed by atoms with Gasteiger partial charge in [-0.25, -0.2) is 4.57 Å². The van der Waals surface area contributed by atoms with Gasteiger partial charge < -0.3 is 24.3 Å². The van der Waals surface area contributed by atoms with E-state index in [1.54, 1.807) is 0 Å². The minimum absolute atomic E-state index is 0.0552. The number of fused-ring (bicyclic) bond motifs is 1. The molecule has 0 amide bonds. The number of pyridine rings is 1. The lowest BCUT2D eigenvalue weighted by Crippen LogP contribution is -2.39. The summed E-state index contributed by atoms with van der Waals surface area (Å²) in [6, 6.07) is 14.8. The lowest BCUT2D eigenvalue weighted by Gasteiger charge is -2.32. The molecule has 1 atom stereocenters. The number of nitrogens with one attached hydrogen (secondary N) is 1. The van der Waals surface area contributed by atoms with Gasteiger partial charge in [-0.3, -0.25) is 0 Å². The minimum atomic E-state index is -0.844. The van der Waals surface area contributed by atoms with Crippen molar-refractivity contribution in [2.75, 3.05) is 39.5 Å². The van der Waals surface area contributed by atoms with Gasteiger partial charge in [0.15, 0.2) is 18.9 Å². The molecule has 0 aliphatic heterocycles. The van der Waals surface area contributed by atoms with E-state index in [1.165, 1.54) is 74.5 Å². The second kappa shape index (κ2) is 20.8. The quantitative estimate of drug-likeness (QED) is 0.0737. The molecule has 6 heteroatoms. The van der Waals surface area contributed by atoms with Crippen LogP contribution >= 0.6 is 0 Å². The molecule has 0 saturated heterocycles. The van der Waals surface area contributed by atoms with E-state index in [9.17, 15) is 0 Å². The van der Waals surface area contributed by atoms with E-state index in [-0.39, 0.29) is 6.10 Å². The normalized spacial score (nSPS) is 14.7. The van der Waals surface area contributed by atoms with Gasteiger partial charge in [-0.05, 0) is 56.9 Å². The predicted molar refractivity (Wildman–Crippen MR) is 171 cm³/mol. The summed E-state index contributed by atoms with van der Waals surface area (Å²) in [6.45, 7) is 11.3. The first-order chi connectivity index (χ1) is 20.7. The van der Waals surface area contributed by atoms with E-state index < -0.39 is 5.97 Å². The smallest absolute Gasteiger partial charge is 0.282 e. The van der Waals surface area contributed by atoms with Gasteiger partial charge in [0.05, 0.1) is 0 Å². The molecule has 0 fully saturated rings. The van der Waals surface area contributed by atoms with Crippen LogP contribution in [0.4, 0.5) is 0 Å². The minimum Gasteiger partial charge on any atom is -0.362 e. The number of rotatable bonds is 25. The Hall–Kier alpha value is -2.09. The highest BCUT2D eigenvalue weighted by Crippen LogP contribution is 2.36. The summed E-state index contributed by atoms with van der Waals surface area (Å²) in [5, 5.41) is 3.68. The molecule has 0 saturated carbocycles. The van der Waals surface area contributed by atoms with Gasteiger partial charge in [-0.1, -0.05) is 87.8 Å². The second-order valence-electron chi connectivity index (χ2n) is 11.2. The van der Waals surface area contributed by atoms with Gasteiger partial charge in [0.25, 0.3) is 5.97 Å². The third kappa shape index (κ3) is 12.3. The molecular formula is C36H57N2O4+. The van der Waals surface area contributed by atoms with Crippen LogP contribution in [0.25, 0.3) is 6.08 Å². The average Bonchev–Trinajstić information content (AvgIpc) is 3.35. The fourth-order valence-electron chi connectivity index (χ4n) is 5.80. The maximum atomic E-state index is 6.41. The van der Waals surface area contributed by atoms with Crippen LogP contribution in [0.15, 0.2) is 60.4 Å². The largest absolute Gasteiger partial charge is 0.362 e. The predicted octanol–water partition coefficient (Wildman–Crippen LogP) is 7.77. The first-order valence-corrected chi connectivity index (χ1v) is 16.7. The summed E-state index contributed by atoms with van der Waals surface area (Å²) in [5.41, 5.74) is 3.93. The van der Waals surface area contributed by atoms with Crippen LogP contribution in [0.1, 0.15) is 109 Å². The fraction of sp³-hybridized carbons (Fsp3) is 0.639. The first kappa shape index (κ1) is 34.4. The zero-order chi connectivity index (χ0) is 29.7. The Bertz CT molecular complexity index is 980. The third-order valence-corrected chi connectivity index (χ3v) is 7.88. The Morgan fingerprint density at radius 2 is 1.31 bits per heavy atom. The van der Waals surface area contributed by atoms with Crippen molar-refractivity contribution in [1.29, 1.82) is 0 Å². The van der Waals surface area contributed by atoms with Gasteiger partial charge in [0.2, 0.25) is 0 Å². The fourth-order valence-corrected chi connectivity index (χ4v) is 5.80. The third-order valence-electron chi connectivity index (χ3n) is 7.88. The maximum Gasteiger partial charge on any atom is 0.282 e. The van der Waals surface area contributed by atoms with Gasteiger partial charge >= 0.3 is 0 Å². The summed E-state index contributed by atoms with van der Waals surface area (Å²) < 4.78 is 26.1. The van der Waals surface area contributed by atoms with Crippen molar-refractivity contribution in [2.24, 2.45) is 0 Å². The Kier molecular flexibility index (Phi) is 17.0. The molecular weight excluding hydrogens is 524 g/mol. The Morgan fingerprint density at radius 1 is 0.714 bits per heavy atom. The number of unbranched alkanes of at least 4 members (excludes halogenated alkanes) is 9. The van der Waals surface area contributed by atoms with Crippen LogP contribution in [0.3, 0.4) is 0 Å². The van der Waals surface area contributed by atoms with Gasteiger partial charge in [-0.15, -0.1) is 0 Å². The van der Waals surface area contributed by atoms with Gasteiger partial charge in [-0.2, -0.15) is 0 Å². The van der Waals surface area contributed by atoms with Crippen molar-refractivity contribution in [2.45, 2.75) is 110 Å². The van der Waals surface area contributed by atoms with Crippen LogP contribution in [-0.4, -0.2) is 45.5 Å². The number of ether oxygens (including phenoxy) is 4. The zero-order valence-corrected chi connectivity index (χ0v) is 26.7. The number of hydrogen-bond acceptors (Lipinski definition) is 5. The molecule has 1 N–H and O–H groups in total. The highest BCUT2D eigenvalue weighted by molar-refractivity contribution is 5.65. The van der Waals surface area contributed by atoms with E-state index in [1.807, 2.05) is 26.8 Å². The Balaban J connectivity index is 1.20. The molecule has 0 radical (unpaired) electrons. The van der Waals surface area contributed by atoms with Crippen LogP contribution in [0.5, 0.6) is 0 Å². The van der Waals surface area contributed by atoms with Crippen LogP contribution < -0.4 is 9.88 Å². The zero-order valence-electron chi connectivity index (χ0n) is 26.7. The maximum absolute atomic E-state index is 6.41. The molecule has 1 heterocycles. The molecule has 0 spiro atoms. The monoisotopic (exact) mass is 581 g/mol. The van der Waals surface area contributed by atoms with E-state index >= 15 is 0 Å². The molecule has 1 aromatic carbocycles. The first-order valence-electron chi connectivity index (χ1n) is 16.7. The van der Waals surface area contributed by atoms with E-state index in [4.69, 9.17) is 18.9 Å². The lowest BCUT2D eigenvalue weighted by molar-refractivity contribution is -0.698. The number of benzene rings is 1. The second-order valence-corrected chi connectivity index (χ2v) is 11.2. The van der Waals surface area contributed by atoms with Crippen molar-refractivity contribution in [3.8, 4) is 0 Å². The molecule has 0 bridgehead atoms. The highest BCUT2D eigenvalue weighted by Gasteiger charge is 2.31. The van der Waals surface area contributed by atoms with E-state index in [0.717, 1.165) is 32.5 Å². The van der Waals surface area contributed by atoms with Gasteiger partial charge in [0.1, 0.15) is 12.7 Å². The van der Waals surface area contributed by atoms with Crippen molar-refractivity contribution < 1.29 is 23.5 Å². The van der Waals surface area contributed by atoms with Crippen LogP contribution in [0, 0.1) is 0 Å². The SMILES string of the molecule is CCOC(CCCCCCCCCCCCNCC1=Cc2ccccc2C1OCC[n+]1ccccc1)(OCC)OCC. The summed E-state index contributed by atoms with van der Waals surface area (Å²) in [5.74, 6) is -0.844. The van der Waals surface area contributed by atoms with E-state index in [2.05, 4.69) is 64.8 Å². The standard InChI is InChI=1S/C36H57N2O4/c1-4-40-36(41-5-2,42-6-3)24-18-13-11-9-7-8-10-12-14-19-25-37-31-33-30-32-22-16-17-23-34(32)35(33)39-29-28-38-26-20-15-21-27-38/h15-17,20-23,26-27,30,35,37H,4-14,18-19,24-25,28-29,31H2,1-3H3/q+1. The molecule has 3 rings (SSSR count). The average molecular weight is 582 g/mol. The number of hydrogen-bond donors (Lipinski definition) is 1. The van der Waals surface area contributed by atoms with Crippen molar-refractivity contribution in [3.05, 3.63) is 71.6 Å². The van der Waals surface area contributed by atoms with Crippen LogP contribution in [-0.2, 0) is 25.5 Å². The topological polar surface area (TPSA) is 52.8 Å². The molecule has 1 aliphatic carbocycles. The Labute approximate surface area is 255 Å². The van der Waals surface area contributed by atoms with E-state index in [0.29, 0.717) is 26.4 Å². The number of nitrogens with zero attached hydrogens (tertiary/aromatic N) is 1. The molecule has 1 unspecified atom stereocenters. The molecule has 2 aromatic rings. The lowest BCUT2D eigenvalue weighted by atomic mass is 10.1. The molecule has 234 valence electrons. The van der Waals surface area contributed by atoms with Crippen molar-refractivity contribution in [3.63, 3.8) is 0 Å². The number of aromatic nitrogens is 1. The van der Waals surface area contributed by atoms with Crippen molar-refractivity contribution in [1.82, 2.24) is 5.32 Å². The van der Waals surface area contributed by atoms with Gasteiger partial charge in [0, 0.05) is 44.9 Å². The molecule has 42 heavy (non-hydrogen) atoms. The molecule has 1 aromatic heterocycles. The highest BCUT2D eigenvalue weighted by atomic mass is 16.9. The summed E-state index contributed by atoms with van der Waals surface area (Å²) in [4.78, 5) is 0. The van der Waals surface area contributed by atoms with Crippen molar-refractivity contribution >= 4 is 6.08 Å².